The summed E-state index contributed by atoms with van der Waals surface area (Å²) in [6, 6.07) is 21.7. The molecule has 3 amide bonds. The standard InChI is InChI=1S/C27H20N2O5/c30-20(28-15-11-9-14(10-12-15)27(33)34)13-29-25(31)23-21-16-5-1-2-6-17(16)22(24(23)26(29)32)19-8-4-3-7-18(19)21/h1-12,21-24H,13H2,(H,28,30)(H,33,34)/t21?,22?,23-,24-/m0/s1. The molecule has 7 heteroatoms. The van der Waals surface area contributed by atoms with Crippen LogP contribution in [0.15, 0.2) is 72.8 Å². The van der Waals surface area contributed by atoms with E-state index in [1.807, 2.05) is 48.5 Å². The number of carbonyl (C=O) groups is 4. The third-order valence-corrected chi connectivity index (χ3v) is 7.26. The van der Waals surface area contributed by atoms with Crippen LogP contribution in [0.4, 0.5) is 5.69 Å². The molecule has 0 saturated carbocycles. The molecule has 2 atom stereocenters. The fraction of sp³-hybridized carbons (Fsp3) is 0.185. The first-order chi connectivity index (χ1) is 16.5. The van der Waals surface area contributed by atoms with Gasteiger partial charge in [0.05, 0.1) is 17.4 Å². The van der Waals surface area contributed by atoms with Gasteiger partial charge in [0.2, 0.25) is 17.7 Å². The second-order valence-electron chi connectivity index (χ2n) is 8.96. The highest BCUT2D eigenvalue weighted by molar-refractivity contribution is 6.10. The summed E-state index contributed by atoms with van der Waals surface area (Å²) >= 11 is 0. The molecule has 7 nitrogen and oxygen atoms in total. The van der Waals surface area contributed by atoms with Gasteiger partial charge < -0.3 is 10.4 Å². The Hall–Kier alpha value is -4.26. The topological polar surface area (TPSA) is 104 Å². The number of imide groups is 1. The predicted octanol–water partition coefficient (Wildman–Crippen LogP) is 3.22. The summed E-state index contributed by atoms with van der Waals surface area (Å²) in [7, 11) is 0. The normalized spacial score (nSPS) is 23.8. The van der Waals surface area contributed by atoms with Crippen molar-refractivity contribution in [3.63, 3.8) is 0 Å². The van der Waals surface area contributed by atoms with Crippen molar-refractivity contribution >= 4 is 29.4 Å². The molecule has 7 rings (SSSR count). The van der Waals surface area contributed by atoms with Crippen molar-refractivity contribution in [1.82, 2.24) is 4.90 Å². The number of hydrogen-bond acceptors (Lipinski definition) is 4. The number of nitrogens with one attached hydrogen (secondary N) is 1. The van der Waals surface area contributed by atoms with Gasteiger partial charge in [-0.05, 0) is 46.5 Å². The highest BCUT2D eigenvalue weighted by Crippen LogP contribution is 2.60. The van der Waals surface area contributed by atoms with Gasteiger partial charge in [-0.1, -0.05) is 48.5 Å². The lowest BCUT2D eigenvalue weighted by Crippen LogP contribution is -2.41. The number of hydrogen-bond donors (Lipinski definition) is 2. The zero-order valence-corrected chi connectivity index (χ0v) is 18.0. The molecule has 0 aromatic heterocycles. The molecule has 168 valence electrons. The Labute approximate surface area is 195 Å². The first kappa shape index (κ1) is 20.4. The maximum Gasteiger partial charge on any atom is 0.335 e. The van der Waals surface area contributed by atoms with Crippen LogP contribution in [-0.4, -0.2) is 40.2 Å². The Balaban J connectivity index is 1.29. The van der Waals surface area contributed by atoms with Crippen molar-refractivity contribution in [3.8, 4) is 0 Å². The number of nitrogens with zero attached hydrogens (tertiary/aromatic N) is 1. The molecule has 0 radical (unpaired) electrons. The van der Waals surface area contributed by atoms with E-state index in [9.17, 15) is 19.2 Å². The molecule has 3 aromatic rings. The van der Waals surface area contributed by atoms with Crippen LogP contribution in [0, 0.1) is 11.8 Å². The quantitative estimate of drug-likeness (QED) is 0.592. The average molecular weight is 452 g/mol. The Morgan fingerprint density at radius 2 is 1.18 bits per heavy atom. The fourth-order valence-electron chi connectivity index (χ4n) is 5.94. The number of aromatic carboxylic acids is 1. The van der Waals surface area contributed by atoms with Crippen LogP contribution in [0.3, 0.4) is 0 Å². The van der Waals surface area contributed by atoms with Crippen LogP contribution >= 0.6 is 0 Å². The molecule has 3 aliphatic carbocycles. The van der Waals surface area contributed by atoms with Crippen molar-refractivity contribution in [2.24, 2.45) is 11.8 Å². The van der Waals surface area contributed by atoms with E-state index in [1.165, 1.54) is 24.3 Å². The predicted molar refractivity (Wildman–Crippen MR) is 122 cm³/mol. The summed E-state index contributed by atoms with van der Waals surface area (Å²) in [6.07, 6.45) is 0. The van der Waals surface area contributed by atoms with E-state index < -0.39 is 23.7 Å². The summed E-state index contributed by atoms with van der Waals surface area (Å²) in [4.78, 5) is 51.9. The van der Waals surface area contributed by atoms with E-state index >= 15 is 0 Å². The maximum absolute atomic E-state index is 13.5. The minimum Gasteiger partial charge on any atom is -0.478 e. The molecule has 2 N–H and O–H groups in total. The number of carboxylic acid groups (broad SMARTS) is 1. The van der Waals surface area contributed by atoms with E-state index in [0.717, 1.165) is 27.2 Å². The van der Waals surface area contributed by atoms with Crippen LogP contribution in [0.25, 0.3) is 0 Å². The van der Waals surface area contributed by atoms with Crippen molar-refractivity contribution in [2.45, 2.75) is 11.8 Å². The first-order valence-corrected chi connectivity index (χ1v) is 11.1. The lowest BCUT2D eigenvalue weighted by atomic mass is 9.55. The number of rotatable bonds is 4. The van der Waals surface area contributed by atoms with Crippen LogP contribution in [0.2, 0.25) is 0 Å². The van der Waals surface area contributed by atoms with Crippen molar-refractivity contribution in [1.29, 1.82) is 0 Å². The smallest absolute Gasteiger partial charge is 0.335 e. The van der Waals surface area contributed by atoms with Gasteiger partial charge in [-0.3, -0.25) is 19.3 Å². The summed E-state index contributed by atoms with van der Waals surface area (Å²) in [5.74, 6) is -3.67. The highest BCUT2D eigenvalue weighted by atomic mass is 16.4. The molecule has 1 saturated heterocycles. The van der Waals surface area contributed by atoms with Gasteiger partial charge in [0.1, 0.15) is 6.54 Å². The number of likely N-dealkylation sites (tertiary alicyclic amines) is 1. The van der Waals surface area contributed by atoms with Crippen molar-refractivity contribution in [3.05, 3.63) is 101 Å². The lowest BCUT2D eigenvalue weighted by Gasteiger charge is -2.45. The Kier molecular flexibility index (Phi) is 4.42. The van der Waals surface area contributed by atoms with Crippen LogP contribution in [0.1, 0.15) is 44.4 Å². The summed E-state index contributed by atoms with van der Waals surface area (Å²) < 4.78 is 0. The first-order valence-electron chi connectivity index (χ1n) is 11.1. The molecule has 0 unspecified atom stereocenters. The molecule has 3 aromatic carbocycles. The van der Waals surface area contributed by atoms with E-state index in [2.05, 4.69) is 5.32 Å². The Bertz CT molecular complexity index is 1260. The van der Waals surface area contributed by atoms with Gasteiger partial charge in [-0.25, -0.2) is 4.79 Å². The van der Waals surface area contributed by atoms with Crippen molar-refractivity contribution in [2.75, 3.05) is 11.9 Å². The summed E-state index contributed by atoms with van der Waals surface area (Å²) in [6.45, 7) is -0.378. The van der Waals surface area contributed by atoms with Gasteiger partial charge in [-0.2, -0.15) is 0 Å². The number of carboxylic acids is 1. The monoisotopic (exact) mass is 452 g/mol. The minimum atomic E-state index is -1.06. The van der Waals surface area contributed by atoms with E-state index in [1.54, 1.807) is 0 Å². The molecular weight excluding hydrogens is 432 g/mol. The Morgan fingerprint density at radius 1 is 0.735 bits per heavy atom. The Morgan fingerprint density at radius 3 is 1.59 bits per heavy atom. The third-order valence-electron chi connectivity index (χ3n) is 7.26. The largest absolute Gasteiger partial charge is 0.478 e. The van der Waals surface area contributed by atoms with Gasteiger partial charge in [0.25, 0.3) is 0 Å². The van der Waals surface area contributed by atoms with Gasteiger partial charge >= 0.3 is 5.97 Å². The van der Waals surface area contributed by atoms with E-state index in [-0.39, 0.29) is 35.8 Å². The van der Waals surface area contributed by atoms with Gasteiger partial charge in [0, 0.05) is 17.5 Å². The molecular formula is C27H20N2O5. The fourth-order valence-corrected chi connectivity index (χ4v) is 5.94. The summed E-state index contributed by atoms with van der Waals surface area (Å²) in [5, 5.41) is 11.7. The molecule has 2 bridgehead atoms. The number of amides is 3. The second kappa shape index (κ2) is 7.38. The molecule has 0 spiro atoms. The van der Waals surface area contributed by atoms with E-state index in [4.69, 9.17) is 5.11 Å². The molecule has 4 aliphatic rings. The number of benzene rings is 3. The second-order valence-corrected chi connectivity index (χ2v) is 8.96. The SMILES string of the molecule is O=C(CN1C(=O)[C@H]2C3c4ccccc4C(c4ccccc43)[C@@H]2C1=O)Nc1ccc(C(=O)O)cc1. The van der Waals surface area contributed by atoms with E-state index in [0.29, 0.717) is 5.69 Å². The lowest BCUT2D eigenvalue weighted by molar-refractivity contribution is -0.142. The third kappa shape index (κ3) is 2.83. The molecule has 1 aliphatic heterocycles. The molecule has 1 heterocycles. The van der Waals surface area contributed by atoms with Crippen LogP contribution in [0.5, 0.6) is 0 Å². The average Bonchev–Trinajstić information content (AvgIpc) is 3.09. The zero-order valence-electron chi connectivity index (χ0n) is 18.0. The summed E-state index contributed by atoms with van der Waals surface area (Å²) in [5.41, 5.74) is 4.82. The zero-order chi connectivity index (χ0) is 23.6. The number of anilines is 1. The molecule has 34 heavy (non-hydrogen) atoms. The van der Waals surface area contributed by atoms with Crippen molar-refractivity contribution < 1.29 is 24.3 Å². The van der Waals surface area contributed by atoms with Gasteiger partial charge in [0.15, 0.2) is 0 Å². The van der Waals surface area contributed by atoms with Crippen LogP contribution in [-0.2, 0) is 14.4 Å². The van der Waals surface area contributed by atoms with Gasteiger partial charge in [-0.15, -0.1) is 0 Å². The van der Waals surface area contributed by atoms with Crippen LogP contribution < -0.4 is 5.32 Å². The minimum absolute atomic E-state index is 0.0987. The maximum atomic E-state index is 13.5. The highest BCUT2D eigenvalue weighted by Gasteiger charge is 2.61. The number of carbonyl (C=O) groups excluding carboxylic acids is 3. The molecule has 1 fully saturated rings.